The quantitative estimate of drug-likeness (QED) is 0.341. The molecule has 0 fully saturated rings. The van der Waals surface area contributed by atoms with Crippen molar-refractivity contribution < 1.29 is 17.9 Å². The Morgan fingerprint density at radius 3 is 2.48 bits per heavy atom. The Balaban J connectivity index is 1.39. The lowest BCUT2D eigenvalue weighted by molar-refractivity contribution is -0.137. The molecule has 0 bridgehead atoms. The van der Waals surface area contributed by atoms with Gasteiger partial charge in [0.2, 0.25) is 5.95 Å². The van der Waals surface area contributed by atoms with Gasteiger partial charge >= 0.3 is 6.18 Å². The minimum atomic E-state index is -4.37. The Hall–Kier alpha value is -4.07. The smallest absolute Gasteiger partial charge is 0.416 e. The van der Waals surface area contributed by atoms with E-state index in [1.54, 1.807) is 18.3 Å². The summed E-state index contributed by atoms with van der Waals surface area (Å²) in [6.45, 7) is 0. The van der Waals surface area contributed by atoms with E-state index in [0.717, 1.165) is 28.6 Å². The SMILES string of the molecule is FC(F)(F)c1ccc(Nc2nc3ccc(Oc4ccnc5ccccc45)cc3[nH]2)cc1. The third-order valence-electron chi connectivity index (χ3n) is 4.77. The molecule has 5 rings (SSSR count). The van der Waals surface area contributed by atoms with Crippen LogP contribution in [0.2, 0.25) is 0 Å². The standard InChI is InChI=1S/C23H15F3N4O/c24-23(25,26)14-5-7-15(8-6-14)28-22-29-19-10-9-16(13-20(19)30-22)31-21-11-12-27-18-4-2-1-3-17(18)21/h1-13H,(H2,28,29,30). The molecule has 154 valence electrons. The molecule has 31 heavy (non-hydrogen) atoms. The van der Waals surface area contributed by atoms with Crippen LogP contribution in [-0.2, 0) is 6.18 Å². The molecule has 0 aliphatic rings. The highest BCUT2D eigenvalue weighted by Crippen LogP contribution is 2.32. The van der Waals surface area contributed by atoms with Gasteiger partial charge in [0.25, 0.3) is 0 Å². The van der Waals surface area contributed by atoms with Crippen molar-refractivity contribution in [1.82, 2.24) is 15.0 Å². The van der Waals surface area contributed by atoms with Gasteiger partial charge in [-0.1, -0.05) is 12.1 Å². The molecule has 8 heteroatoms. The number of hydrogen-bond acceptors (Lipinski definition) is 4. The Bertz CT molecular complexity index is 1370. The molecule has 0 aliphatic carbocycles. The molecule has 3 aromatic carbocycles. The second-order valence-corrected chi connectivity index (χ2v) is 6.89. The normalized spacial score (nSPS) is 11.7. The second-order valence-electron chi connectivity index (χ2n) is 6.89. The number of benzene rings is 3. The van der Waals surface area contributed by atoms with Gasteiger partial charge in [-0.15, -0.1) is 0 Å². The summed E-state index contributed by atoms with van der Waals surface area (Å²) in [5.74, 6) is 1.72. The zero-order valence-corrected chi connectivity index (χ0v) is 15.9. The molecule has 0 spiro atoms. The van der Waals surface area contributed by atoms with Crippen molar-refractivity contribution in [3.05, 3.63) is 84.6 Å². The molecular formula is C23H15F3N4O. The van der Waals surface area contributed by atoms with Gasteiger partial charge in [-0.05, 0) is 54.6 Å². The Labute approximate surface area is 174 Å². The van der Waals surface area contributed by atoms with E-state index in [-0.39, 0.29) is 0 Å². The van der Waals surface area contributed by atoms with E-state index in [0.29, 0.717) is 28.7 Å². The number of halogens is 3. The van der Waals surface area contributed by atoms with Crippen LogP contribution in [0.3, 0.4) is 0 Å². The number of para-hydroxylation sites is 1. The predicted octanol–water partition coefficient (Wildman–Crippen LogP) is 6.67. The lowest BCUT2D eigenvalue weighted by Gasteiger charge is -2.08. The molecule has 2 heterocycles. The molecule has 2 N–H and O–H groups in total. The van der Waals surface area contributed by atoms with Gasteiger partial charge in [0.15, 0.2) is 0 Å². The molecule has 0 unspecified atom stereocenters. The number of aromatic nitrogens is 3. The lowest BCUT2D eigenvalue weighted by Crippen LogP contribution is -2.04. The second kappa shape index (κ2) is 7.32. The maximum atomic E-state index is 12.7. The summed E-state index contributed by atoms with van der Waals surface area (Å²) >= 11 is 0. The van der Waals surface area contributed by atoms with Crippen LogP contribution >= 0.6 is 0 Å². The number of hydrogen-bond donors (Lipinski definition) is 2. The summed E-state index contributed by atoms with van der Waals surface area (Å²) in [6, 6.07) is 19.7. The molecule has 0 saturated carbocycles. The fraction of sp³-hybridized carbons (Fsp3) is 0.0435. The fourth-order valence-corrected chi connectivity index (χ4v) is 3.28. The zero-order chi connectivity index (χ0) is 21.4. The number of pyridine rings is 1. The van der Waals surface area contributed by atoms with Crippen molar-refractivity contribution in [3.63, 3.8) is 0 Å². The number of anilines is 2. The van der Waals surface area contributed by atoms with E-state index in [2.05, 4.69) is 20.3 Å². The first-order chi connectivity index (χ1) is 15.0. The van der Waals surface area contributed by atoms with Crippen molar-refractivity contribution in [2.45, 2.75) is 6.18 Å². The first-order valence-corrected chi connectivity index (χ1v) is 9.41. The number of alkyl halides is 3. The molecule has 2 aromatic heterocycles. The van der Waals surface area contributed by atoms with Crippen LogP contribution in [0.5, 0.6) is 11.5 Å². The molecule has 0 aliphatic heterocycles. The highest BCUT2D eigenvalue weighted by atomic mass is 19.4. The first kappa shape index (κ1) is 18.9. The largest absolute Gasteiger partial charge is 0.457 e. The summed E-state index contributed by atoms with van der Waals surface area (Å²) in [5.41, 5.74) is 2.05. The van der Waals surface area contributed by atoms with Crippen LogP contribution in [0, 0.1) is 0 Å². The summed E-state index contributed by atoms with van der Waals surface area (Å²) in [6.07, 6.45) is -2.67. The van der Waals surface area contributed by atoms with Crippen LogP contribution in [0.1, 0.15) is 5.56 Å². The number of imidazole rings is 1. The van der Waals surface area contributed by atoms with Crippen LogP contribution in [0.15, 0.2) is 79.0 Å². The third kappa shape index (κ3) is 3.87. The van der Waals surface area contributed by atoms with Crippen LogP contribution in [-0.4, -0.2) is 15.0 Å². The minimum Gasteiger partial charge on any atom is -0.457 e. The van der Waals surface area contributed by atoms with E-state index in [4.69, 9.17) is 4.74 Å². The zero-order valence-electron chi connectivity index (χ0n) is 15.9. The molecule has 0 amide bonds. The maximum absolute atomic E-state index is 12.7. The molecule has 0 saturated heterocycles. The number of H-pyrrole nitrogens is 1. The molecule has 5 nitrogen and oxygen atoms in total. The number of nitrogens with one attached hydrogen (secondary N) is 2. The van der Waals surface area contributed by atoms with Crippen molar-refractivity contribution in [1.29, 1.82) is 0 Å². The van der Waals surface area contributed by atoms with Gasteiger partial charge in [0.05, 0.1) is 22.1 Å². The molecule has 5 aromatic rings. The van der Waals surface area contributed by atoms with Gasteiger partial charge in [-0.2, -0.15) is 13.2 Å². The Kier molecular flexibility index (Phi) is 4.47. The maximum Gasteiger partial charge on any atom is 0.416 e. The summed E-state index contributed by atoms with van der Waals surface area (Å²) < 4.78 is 44.2. The number of fused-ring (bicyclic) bond motifs is 2. The minimum absolute atomic E-state index is 0.418. The van der Waals surface area contributed by atoms with Gasteiger partial charge < -0.3 is 15.0 Å². The van der Waals surface area contributed by atoms with Crippen LogP contribution < -0.4 is 10.1 Å². The van der Waals surface area contributed by atoms with Crippen molar-refractivity contribution in [2.24, 2.45) is 0 Å². The molecule has 0 radical (unpaired) electrons. The van der Waals surface area contributed by atoms with Crippen molar-refractivity contribution in [2.75, 3.05) is 5.32 Å². The average molecular weight is 420 g/mol. The van der Waals surface area contributed by atoms with E-state index in [1.807, 2.05) is 36.4 Å². The van der Waals surface area contributed by atoms with Crippen LogP contribution in [0.25, 0.3) is 21.9 Å². The number of rotatable bonds is 4. The number of nitrogens with zero attached hydrogens (tertiary/aromatic N) is 2. The van der Waals surface area contributed by atoms with Crippen LogP contribution in [0.4, 0.5) is 24.8 Å². The Morgan fingerprint density at radius 1 is 0.871 bits per heavy atom. The third-order valence-corrected chi connectivity index (χ3v) is 4.77. The van der Waals surface area contributed by atoms with Gasteiger partial charge in [0, 0.05) is 23.3 Å². The average Bonchev–Trinajstić information content (AvgIpc) is 3.15. The first-order valence-electron chi connectivity index (χ1n) is 9.41. The van der Waals surface area contributed by atoms with Gasteiger partial charge in [-0.25, -0.2) is 4.98 Å². The van der Waals surface area contributed by atoms with E-state index < -0.39 is 11.7 Å². The summed E-state index contributed by atoms with van der Waals surface area (Å²) in [4.78, 5) is 11.9. The molecule has 0 atom stereocenters. The highest BCUT2D eigenvalue weighted by Gasteiger charge is 2.29. The highest BCUT2D eigenvalue weighted by molar-refractivity contribution is 5.85. The fourth-order valence-electron chi connectivity index (χ4n) is 3.28. The molecular weight excluding hydrogens is 405 g/mol. The van der Waals surface area contributed by atoms with Gasteiger partial charge in [-0.3, -0.25) is 4.98 Å². The van der Waals surface area contributed by atoms with Crippen molar-refractivity contribution in [3.8, 4) is 11.5 Å². The Morgan fingerprint density at radius 2 is 1.68 bits per heavy atom. The predicted molar refractivity (Wildman–Crippen MR) is 113 cm³/mol. The van der Waals surface area contributed by atoms with Crippen molar-refractivity contribution >= 4 is 33.6 Å². The monoisotopic (exact) mass is 420 g/mol. The number of ether oxygens (including phenoxy) is 1. The number of aromatic amines is 1. The van der Waals surface area contributed by atoms with E-state index in [1.165, 1.54) is 12.1 Å². The summed E-state index contributed by atoms with van der Waals surface area (Å²) in [7, 11) is 0. The van der Waals surface area contributed by atoms with E-state index in [9.17, 15) is 13.2 Å². The summed E-state index contributed by atoms with van der Waals surface area (Å²) in [5, 5.41) is 3.88. The van der Waals surface area contributed by atoms with Gasteiger partial charge in [0.1, 0.15) is 11.5 Å². The van der Waals surface area contributed by atoms with E-state index >= 15 is 0 Å². The lowest BCUT2D eigenvalue weighted by atomic mass is 10.2. The topological polar surface area (TPSA) is 62.8 Å².